The monoisotopic (exact) mass is 286 g/mol. The highest BCUT2D eigenvalue weighted by atomic mass is 32.2. The van der Waals surface area contributed by atoms with Crippen molar-refractivity contribution >= 4 is 27.2 Å². The zero-order chi connectivity index (χ0) is 13.2. The van der Waals surface area contributed by atoms with Crippen molar-refractivity contribution in [1.82, 2.24) is 4.31 Å². The molecule has 98 valence electrons. The second-order valence-corrected chi connectivity index (χ2v) is 6.28. The molecule has 2 rings (SSSR count). The van der Waals surface area contributed by atoms with Crippen molar-refractivity contribution in [3.05, 3.63) is 29.8 Å². The summed E-state index contributed by atoms with van der Waals surface area (Å²) in [6.07, 6.45) is 0. The minimum atomic E-state index is -3.44. The Morgan fingerprint density at radius 3 is 2.28 bits per heavy atom. The number of nitrogens with two attached hydrogens (primary N) is 1. The second kappa shape index (κ2) is 5.31. The molecular weight excluding hydrogens is 272 g/mol. The van der Waals surface area contributed by atoms with E-state index in [-0.39, 0.29) is 9.88 Å². The lowest BCUT2D eigenvalue weighted by atomic mass is 10.2. The number of rotatable bonds is 3. The third-order valence-electron chi connectivity index (χ3n) is 2.75. The van der Waals surface area contributed by atoms with Gasteiger partial charge in [0.1, 0.15) is 4.99 Å². The van der Waals surface area contributed by atoms with Crippen LogP contribution in [0, 0.1) is 0 Å². The molecule has 2 N–H and O–H groups in total. The molecular formula is C11H14N2O3S2. The Bertz CT molecular complexity index is 534. The Morgan fingerprint density at radius 2 is 1.78 bits per heavy atom. The van der Waals surface area contributed by atoms with E-state index in [1.54, 1.807) is 12.1 Å². The summed E-state index contributed by atoms with van der Waals surface area (Å²) >= 11 is 4.83. The average Bonchev–Trinajstić information content (AvgIpc) is 2.40. The molecule has 0 bridgehead atoms. The highest BCUT2D eigenvalue weighted by molar-refractivity contribution is 7.89. The molecule has 0 radical (unpaired) electrons. The molecule has 0 aliphatic carbocycles. The van der Waals surface area contributed by atoms with Crippen LogP contribution in [0.1, 0.15) is 5.56 Å². The number of thiocarbonyl (C=S) groups is 1. The SMILES string of the molecule is NC(=S)c1ccc(S(=O)(=O)N2CCOCC2)cc1. The maximum absolute atomic E-state index is 12.3. The molecule has 1 heterocycles. The third-order valence-corrected chi connectivity index (χ3v) is 4.90. The van der Waals surface area contributed by atoms with Crippen LogP contribution in [0.2, 0.25) is 0 Å². The zero-order valence-electron chi connectivity index (χ0n) is 9.70. The van der Waals surface area contributed by atoms with Crippen molar-refractivity contribution in [2.24, 2.45) is 5.73 Å². The minimum absolute atomic E-state index is 0.254. The van der Waals surface area contributed by atoms with Crippen LogP contribution in [-0.4, -0.2) is 44.0 Å². The van der Waals surface area contributed by atoms with Gasteiger partial charge in [-0.25, -0.2) is 8.42 Å². The second-order valence-electron chi connectivity index (χ2n) is 3.91. The van der Waals surface area contributed by atoms with Gasteiger partial charge in [-0.3, -0.25) is 0 Å². The van der Waals surface area contributed by atoms with Gasteiger partial charge in [0.15, 0.2) is 0 Å². The van der Waals surface area contributed by atoms with Crippen LogP contribution in [0.5, 0.6) is 0 Å². The van der Waals surface area contributed by atoms with E-state index in [9.17, 15) is 8.42 Å². The van der Waals surface area contributed by atoms with E-state index < -0.39 is 10.0 Å². The molecule has 18 heavy (non-hydrogen) atoms. The molecule has 1 aromatic rings. The molecule has 1 fully saturated rings. The van der Waals surface area contributed by atoms with Crippen LogP contribution in [0.3, 0.4) is 0 Å². The normalized spacial score (nSPS) is 17.6. The van der Waals surface area contributed by atoms with Gasteiger partial charge >= 0.3 is 0 Å². The van der Waals surface area contributed by atoms with Crippen LogP contribution in [0.4, 0.5) is 0 Å². The molecule has 1 saturated heterocycles. The maximum Gasteiger partial charge on any atom is 0.243 e. The van der Waals surface area contributed by atoms with Gasteiger partial charge in [-0.1, -0.05) is 24.4 Å². The molecule has 1 aliphatic rings. The van der Waals surface area contributed by atoms with Crippen molar-refractivity contribution in [1.29, 1.82) is 0 Å². The summed E-state index contributed by atoms with van der Waals surface area (Å²) in [6, 6.07) is 6.30. The highest BCUT2D eigenvalue weighted by Crippen LogP contribution is 2.17. The van der Waals surface area contributed by atoms with E-state index in [0.29, 0.717) is 31.9 Å². The predicted octanol–water partition coefficient (Wildman–Crippen LogP) is 0.342. The van der Waals surface area contributed by atoms with E-state index in [1.165, 1.54) is 16.4 Å². The van der Waals surface area contributed by atoms with Gasteiger partial charge in [-0.15, -0.1) is 0 Å². The molecule has 0 spiro atoms. The lowest BCUT2D eigenvalue weighted by molar-refractivity contribution is 0.0730. The van der Waals surface area contributed by atoms with Gasteiger partial charge < -0.3 is 10.5 Å². The Hall–Kier alpha value is -1.02. The molecule has 1 aromatic carbocycles. The van der Waals surface area contributed by atoms with E-state index in [4.69, 9.17) is 22.7 Å². The highest BCUT2D eigenvalue weighted by Gasteiger charge is 2.26. The van der Waals surface area contributed by atoms with E-state index in [1.807, 2.05) is 0 Å². The fourth-order valence-electron chi connectivity index (χ4n) is 1.73. The molecule has 0 unspecified atom stereocenters. The Balaban J connectivity index is 2.26. The van der Waals surface area contributed by atoms with Crippen molar-refractivity contribution < 1.29 is 13.2 Å². The van der Waals surface area contributed by atoms with E-state index in [0.717, 1.165) is 0 Å². The minimum Gasteiger partial charge on any atom is -0.389 e. The van der Waals surface area contributed by atoms with Gasteiger partial charge in [-0.2, -0.15) is 4.31 Å². The first-order valence-electron chi connectivity index (χ1n) is 5.49. The van der Waals surface area contributed by atoms with Crippen molar-refractivity contribution in [2.75, 3.05) is 26.3 Å². The molecule has 7 heteroatoms. The number of morpholine rings is 1. The first kappa shape index (κ1) is 13.4. The van der Waals surface area contributed by atoms with Crippen LogP contribution in [0.15, 0.2) is 29.2 Å². The molecule has 5 nitrogen and oxygen atoms in total. The Morgan fingerprint density at radius 1 is 1.22 bits per heavy atom. The van der Waals surface area contributed by atoms with Crippen LogP contribution < -0.4 is 5.73 Å². The largest absolute Gasteiger partial charge is 0.389 e. The zero-order valence-corrected chi connectivity index (χ0v) is 11.3. The first-order valence-corrected chi connectivity index (χ1v) is 7.34. The number of sulfonamides is 1. The smallest absolute Gasteiger partial charge is 0.243 e. The molecule has 0 saturated carbocycles. The number of nitrogens with zero attached hydrogens (tertiary/aromatic N) is 1. The molecule has 0 atom stereocenters. The summed E-state index contributed by atoms with van der Waals surface area (Å²) in [5, 5.41) is 0. The summed E-state index contributed by atoms with van der Waals surface area (Å²) < 4.78 is 31.1. The number of hydrogen-bond acceptors (Lipinski definition) is 4. The fourth-order valence-corrected chi connectivity index (χ4v) is 3.27. The van der Waals surface area contributed by atoms with Gasteiger partial charge in [0.2, 0.25) is 10.0 Å². The van der Waals surface area contributed by atoms with Crippen molar-refractivity contribution in [3.8, 4) is 0 Å². The van der Waals surface area contributed by atoms with E-state index in [2.05, 4.69) is 0 Å². The lowest BCUT2D eigenvalue weighted by Gasteiger charge is -2.26. The van der Waals surface area contributed by atoms with Gasteiger partial charge in [0.05, 0.1) is 18.1 Å². The van der Waals surface area contributed by atoms with Crippen molar-refractivity contribution in [2.45, 2.75) is 4.90 Å². The van der Waals surface area contributed by atoms with Gasteiger partial charge in [0, 0.05) is 18.7 Å². The standard InChI is InChI=1S/C11H14N2O3S2/c12-11(17)9-1-3-10(4-2-9)18(14,15)13-5-7-16-8-6-13/h1-4H,5-8H2,(H2,12,17). The number of hydrogen-bond donors (Lipinski definition) is 1. The average molecular weight is 286 g/mol. The lowest BCUT2D eigenvalue weighted by Crippen LogP contribution is -2.40. The van der Waals surface area contributed by atoms with E-state index >= 15 is 0 Å². The molecule has 1 aliphatic heterocycles. The third kappa shape index (κ3) is 2.69. The summed E-state index contributed by atoms with van der Waals surface area (Å²) in [5.74, 6) is 0. The molecule has 0 aromatic heterocycles. The van der Waals surface area contributed by atoms with Crippen LogP contribution in [0.25, 0.3) is 0 Å². The summed E-state index contributed by atoms with van der Waals surface area (Å²) in [4.78, 5) is 0.509. The maximum atomic E-state index is 12.3. The number of ether oxygens (including phenoxy) is 1. The van der Waals surface area contributed by atoms with Gasteiger partial charge in [-0.05, 0) is 12.1 Å². The van der Waals surface area contributed by atoms with Gasteiger partial charge in [0.25, 0.3) is 0 Å². The quantitative estimate of drug-likeness (QED) is 0.811. The number of benzene rings is 1. The summed E-state index contributed by atoms with van der Waals surface area (Å²) in [5.41, 5.74) is 6.13. The Kier molecular flexibility index (Phi) is 3.96. The topological polar surface area (TPSA) is 72.6 Å². The predicted molar refractivity (Wildman–Crippen MR) is 71.9 cm³/mol. The van der Waals surface area contributed by atoms with Crippen LogP contribution in [-0.2, 0) is 14.8 Å². The fraction of sp³-hybridized carbons (Fsp3) is 0.364. The summed E-state index contributed by atoms with van der Waals surface area (Å²) in [7, 11) is -3.44. The first-order chi connectivity index (χ1) is 8.51. The van der Waals surface area contributed by atoms with Crippen LogP contribution >= 0.6 is 12.2 Å². The molecule has 0 amide bonds. The Labute approximate surface area is 112 Å². The van der Waals surface area contributed by atoms with Crippen molar-refractivity contribution in [3.63, 3.8) is 0 Å². The summed E-state index contributed by atoms with van der Waals surface area (Å²) in [6.45, 7) is 1.65.